The summed E-state index contributed by atoms with van der Waals surface area (Å²) in [5, 5.41) is 0.722. The molecule has 0 aliphatic heterocycles. The van der Waals surface area contributed by atoms with Crippen LogP contribution < -0.4 is 11.3 Å². The summed E-state index contributed by atoms with van der Waals surface area (Å²) >= 11 is 0. The van der Waals surface area contributed by atoms with Crippen molar-refractivity contribution < 1.29 is 0 Å². The molecule has 4 nitrogen and oxygen atoms in total. The van der Waals surface area contributed by atoms with Gasteiger partial charge in [-0.1, -0.05) is 55.3 Å². The highest BCUT2D eigenvalue weighted by atomic mass is 16.1. The van der Waals surface area contributed by atoms with E-state index in [9.17, 15) is 4.79 Å². The van der Waals surface area contributed by atoms with Gasteiger partial charge in [-0.3, -0.25) is 9.36 Å². The zero-order valence-electron chi connectivity index (χ0n) is 17.5. The van der Waals surface area contributed by atoms with Crippen LogP contribution in [0.15, 0.2) is 53.3 Å². The molecule has 0 spiro atoms. The van der Waals surface area contributed by atoms with Crippen LogP contribution in [0.2, 0.25) is 0 Å². The van der Waals surface area contributed by atoms with Crippen LogP contribution in [0.25, 0.3) is 10.9 Å². The second-order valence-electron chi connectivity index (χ2n) is 8.67. The summed E-state index contributed by atoms with van der Waals surface area (Å²) in [6.07, 6.45) is 4.68. The lowest BCUT2D eigenvalue weighted by molar-refractivity contribution is 0.243. The van der Waals surface area contributed by atoms with Crippen molar-refractivity contribution in [1.82, 2.24) is 9.55 Å². The van der Waals surface area contributed by atoms with Crippen LogP contribution in [0.1, 0.15) is 55.5 Å². The van der Waals surface area contributed by atoms with Gasteiger partial charge in [-0.2, -0.15) is 0 Å². The molecule has 3 atom stereocenters. The maximum absolute atomic E-state index is 13.6. The summed E-state index contributed by atoms with van der Waals surface area (Å²) in [7, 11) is 0. The van der Waals surface area contributed by atoms with Gasteiger partial charge in [0, 0.05) is 12.5 Å². The maximum Gasteiger partial charge on any atom is 0.261 e. The Hall–Kier alpha value is -2.46. The van der Waals surface area contributed by atoms with Crippen LogP contribution in [0.3, 0.4) is 0 Å². The van der Waals surface area contributed by atoms with Gasteiger partial charge in [0.25, 0.3) is 5.56 Å². The minimum atomic E-state index is 0.0588. The number of aromatic nitrogens is 2. The van der Waals surface area contributed by atoms with E-state index in [2.05, 4.69) is 19.1 Å². The minimum Gasteiger partial charge on any atom is -0.330 e. The molecule has 2 N–H and O–H groups in total. The van der Waals surface area contributed by atoms with E-state index in [0.717, 1.165) is 48.2 Å². The molecule has 1 saturated carbocycles. The molecule has 0 amide bonds. The Bertz CT molecular complexity index is 1040. The van der Waals surface area contributed by atoms with Crippen LogP contribution in [0.4, 0.5) is 0 Å². The van der Waals surface area contributed by atoms with Crippen LogP contribution in [-0.4, -0.2) is 16.1 Å². The van der Waals surface area contributed by atoms with Crippen molar-refractivity contribution in [2.45, 2.75) is 52.0 Å². The van der Waals surface area contributed by atoms with Crippen molar-refractivity contribution in [3.05, 3.63) is 75.8 Å². The fourth-order valence-electron chi connectivity index (χ4n) is 4.79. The number of fused-ring (bicyclic) bond motifs is 1. The summed E-state index contributed by atoms with van der Waals surface area (Å²) in [6.45, 7) is 5.65. The normalized spacial score (nSPS) is 20.7. The molecule has 0 radical (unpaired) electrons. The highest BCUT2D eigenvalue weighted by Gasteiger charge is 2.25. The first kappa shape index (κ1) is 19.8. The van der Waals surface area contributed by atoms with Crippen LogP contribution in [0.5, 0.6) is 0 Å². The number of hydrogen-bond acceptors (Lipinski definition) is 3. The van der Waals surface area contributed by atoms with Gasteiger partial charge in [0.05, 0.1) is 10.9 Å². The number of nitrogens with two attached hydrogens (primary N) is 1. The molecule has 4 rings (SSSR count). The SMILES string of the molecule is Cc1ccc2nc(C(C)c3ccccc3)n(CC3CCCC(CN)C3)c(=O)c2c1. The molecular formula is C25H31N3O. The zero-order valence-corrected chi connectivity index (χ0v) is 17.5. The molecule has 1 heterocycles. The molecule has 3 aromatic rings. The lowest BCUT2D eigenvalue weighted by Gasteiger charge is -2.30. The predicted molar refractivity (Wildman–Crippen MR) is 119 cm³/mol. The number of nitrogens with zero attached hydrogens (tertiary/aromatic N) is 2. The van der Waals surface area contributed by atoms with Gasteiger partial charge >= 0.3 is 0 Å². The predicted octanol–water partition coefficient (Wildman–Crippen LogP) is 4.62. The summed E-state index contributed by atoms with van der Waals surface area (Å²) in [5.41, 5.74) is 9.11. The number of aryl methyl sites for hydroxylation is 1. The van der Waals surface area contributed by atoms with Crippen LogP contribution in [0, 0.1) is 18.8 Å². The van der Waals surface area contributed by atoms with Crippen molar-refractivity contribution in [2.75, 3.05) is 6.54 Å². The molecule has 1 aromatic heterocycles. The molecule has 1 aliphatic rings. The molecule has 0 bridgehead atoms. The zero-order chi connectivity index (χ0) is 20.4. The third kappa shape index (κ3) is 4.13. The van der Waals surface area contributed by atoms with Gasteiger partial charge in [0.15, 0.2) is 0 Å². The van der Waals surface area contributed by atoms with E-state index >= 15 is 0 Å². The average Bonchev–Trinajstić information content (AvgIpc) is 2.76. The quantitative estimate of drug-likeness (QED) is 0.692. The third-order valence-electron chi connectivity index (χ3n) is 6.49. The Labute approximate surface area is 172 Å². The van der Waals surface area contributed by atoms with Gasteiger partial charge in [-0.25, -0.2) is 4.98 Å². The Balaban J connectivity index is 1.81. The number of rotatable bonds is 5. The fraction of sp³-hybridized carbons (Fsp3) is 0.440. The molecule has 152 valence electrons. The number of benzene rings is 2. The second-order valence-corrected chi connectivity index (χ2v) is 8.67. The van der Waals surface area contributed by atoms with E-state index in [0.29, 0.717) is 11.8 Å². The van der Waals surface area contributed by atoms with Crippen LogP contribution in [-0.2, 0) is 6.54 Å². The van der Waals surface area contributed by atoms with Gasteiger partial charge in [0.2, 0.25) is 0 Å². The fourth-order valence-corrected chi connectivity index (χ4v) is 4.79. The first-order valence-corrected chi connectivity index (χ1v) is 10.8. The van der Waals surface area contributed by atoms with E-state index in [1.54, 1.807) is 0 Å². The lowest BCUT2D eigenvalue weighted by Crippen LogP contribution is -2.32. The van der Waals surface area contributed by atoms with E-state index in [1.807, 2.05) is 47.9 Å². The Morgan fingerprint density at radius 3 is 2.66 bits per heavy atom. The Kier molecular flexibility index (Phi) is 5.81. The van der Waals surface area contributed by atoms with Gasteiger partial charge in [0.1, 0.15) is 5.82 Å². The van der Waals surface area contributed by atoms with Crippen molar-refractivity contribution in [3.63, 3.8) is 0 Å². The van der Waals surface area contributed by atoms with Crippen LogP contribution >= 0.6 is 0 Å². The topological polar surface area (TPSA) is 60.9 Å². The van der Waals surface area contributed by atoms with Crippen molar-refractivity contribution in [3.8, 4) is 0 Å². The monoisotopic (exact) mass is 389 g/mol. The third-order valence-corrected chi connectivity index (χ3v) is 6.49. The largest absolute Gasteiger partial charge is 0.330 e. The first-order valence-electron chi connectivity index (χ1n) is 10.8. The molecule has 1 aliphatic carbocycles. The van der Waals surface area contributed by atoms with E-state index in [-0.39, 0.29) is 11.5 Å². The highest BCUT2D eigenvalue weighted by Crippen LogP contribution is 2.31. The summed E-state index contributed by atoms with van der Waals surface area (Å²) in [6, 6.07) is 16.3. The summed E-state index contributed by atoms with van der Waals surface area (Å²) in [4.78, 5) is 18.6. The second kappa shape index (κ2) is 8.50. The van der Waals surface area contributed by atoms with E-state index in [1.165, 1.54) is 18.4 Å². The molecule has 2 aromatic carbocycles. The summed E-state index contributed by atoms with van der Waals surface area (Å²) < 4.78 is 1.96. The van der Waals surface area contributed by atoms with Crippen molar-refractivity contribution in [2.24, 2.45) is 17.6 Å². The average molecular weight is 390 g/mol. The number of hydrogen-bond donors (Lipinski definition) is 1. The minimum absolute atomic E-state index is 0.0588. The Morgan fingerprint density at radius 1 is 1.14 bits per heavy atom. The molecule has 3 unspecified atom stereocenters. The summed E-state index contributed by atoms with van der Waals surface area (Å²) in [5.74, 6) is 1.99. The molecular weight excluding hydrogens is 358 g/mol. The maximum atomic E-state index is 13.6. The molecule has 1 fully saturated rings. The standard InChI is InChI=1S/C25H31N3O/c1-17-11-12-23-22(13-17)25(29)28(16-20-8-6-7-19(14-20)15-26)24(27-23)18(2)21-9-4-3-5-10-21/h3-5,9-13,18-20H,6-8,14-16,26H2,1-2H3. The molecule has 4 heteroatoms. The van der Waals surface area contributed by atoms with E-state index < -0.39 is 0 Å². The first-order chi connectivity index (χ1) is 14.1. The lowest BCUT2D eigenvalue weighted by atomic mass is 9.81. The van der Waals surface area contributed by atoms with Crippen molar-refractivity contribution in [1.29, 1.82) is 0 Å². The molecule has 29 heavy (non-hydrogen) atoms. The molecule has 0 saturated heterocycles. The van der Waals surface area contributed by atoms with Crippen molar-refractivity contribution >= 4 is 10.9 Å². The smallest absolute Gasteiger partial charge is 0.261 e. The van der Waals surface area contributed by atoms with E-state index in [4.69, 9.17) is 10.7 Å². The Morgan fingerprint density at radius 2 is 1.90 bits per heavy atom. The van der Waals surface area contributed by atoms with Gasteiger partial charge in [-0.05, 0) is 62.3 Å². The van der Waals surface area contributed by atoms with Gasteiger partial charge in [-0.15, -0.1) is 0 Å². The van der Waals surface area contributed by atoms with Gasteiger partial charge < -0.3 is 5.73 Å². The highest BCUT2D eigenvalue weighted by molar-refractivity contribution is 5.78.